The molecule has 0 unspecified atom stereocenters. The van der Waals surface area contributed by atoms with E-state index in [-0.39, 0.29) is 0 Å². The summed E-state index contributed by atoms with van der Waals surface area (Å²) in [5.74, 6) is 0. The summed E-state index contributed by atoms with van der Waals surface area (Å²) in [5, 5.41) is 3.00. The Morgan fingerprint density at radius 3 is 1.56 bits per heavy atom. The average Bonchev–Trinajstić information content (AvgIpc) is 2.34. The summed E-state index contributed by atoms with van der Waals surface area (Å²) in [6, 6.07) is 9.23. The van der Waals surface area contributed by atoms with Crippen molar-refractivity contribution in [2.75, 3.05) is 0 Å². The molecular weight excluding hydrogens is 216 g/mol. The molecule has 0 bridgehead atoms. The molecule has 4 rings (SSSR count). The average molecular weight is 232 g/mol. The molecule has 0 amide bonds. The molecule has 0 spiro atoms. The normalized spacial score (nSPS) is 16.6. The van der Waals surface area contributed by atoms with E-state index in [9.17, 15) is 0 Å². The molecule has 2 aromatic rings. The van der Waals surface area contributed by atoms with Gasteiger partial charge in [-0.3, -0.25) is 0 Å². The first-order valence-electron chi connectivity index (χ1n) is 6.64. The molecule has 0 aromatic heterocycles. The van der Waals surface area contributed by atoms with Gasteiger partial charge in [0.2, 0.25) is 0 Å². The van der Waals surface area contributed by atoms with Crippen molar-refractivity contribution in [1.29, 1.82) is 0 Å². The second kappa shape index (κ2) is 3.35. The Morgan fingerprint density at radius 2 is 1.11 bits per heavy atom. The van der Waals surface area contributed by atoms with Crippen LogP contribution in [-0.4, -0.2) is 0 Å². The van der Waals surface area contributed by atoms with Crippen LogP contribution in [0.1, 0.15) is 36.1 Å². The highest BCUT2D eigenvalue weighted by Crippen LogP contribution is 2.38. The van der Waals surface area contributed by atoms with Crippen molar-refractivity contribution in [3.8, 4) is 0 Å². The first kappa shape index (κ1) is 10.1. The first-order chi connectivity index (χ1) is 8.72. The Kier molecular flexibility index (Phi) is 1.89. The maximum atomic E-state index is 2.35. The quantitative estimate of drug-likeness (QED) is 0.614. The molecule has 2 aromatic carbocycles. The lowest BCUT2D eigenvalue weighted by molar-refractivity contribution is 1.13. The van der Waals surface area contributed by atoms with Crippen LogP contribution < -0.4 is 0 Å². The molecular formula is C18H16. The van der Waals surface area contributed by atoms with Crippen LogP contribution in [-0.2, 0) is 12.8 Å². The zero-order valence-corrected chi connectivity index (χ0v) is 10.9. The lowest BCUT2D eigenvalue weighted by atomic mass is 9.82. The van der Waals surface area contributed by atoms with Gasteiger partial charge in [-0.2, -0.15) is 0 Å². The third-order valence-corrected chi connectivity index (χ3v) is 4.14. The van der Waals surface area contributed by atoms with E-state index in [1.165, 1.54) is 44.2 Å². The molecule has 0 heterocycles. The second-order valence-electron chi connectivity index (χ2n) is 5.71. The van der Waals surface area contributed by atoms with Crippen molar-refractivity contribution >= 4 is 22.9 Å². The Morgan fingerprint density at radius 1 is 0.667 bits per heavy atom. The van der Waals surface area contributed by atoms with Gasteiger partial charge in [0.1, 0.15) is 0 Å². The molecule has 88 valence electrons. The molecule has 0 aliphatic heterocycles. The summed E-state index contributed by atoms with van der Waals surface area (Å²) in [6.07, 6.45) is 6.91. The topological polar surface area (TPSA) is 0 Å². The summed E-state index contributed by atoms with van der Waals surface area (Å²) in [6.45, 7) is 4.46. The molecule has 0 heteroatoms. The second-order valence-corrected chi connectivity index (χ2v) is 5.71. The van der Waals surface area contributed by atoms with E-state index in [1.807, 2.05) is 0 Å². The standard InChI is InChI=1S/C18H16/c1-11-7-13-3-5-15-9-12(2)10-16-6-4-14(8-11)17(13)18(15)16/h3-7,10H,8-9H2,1-2H3. The number of hydrogen-bond acceptors (Lipinski definition) is 0. The summed E-state index contributed by atoms with van der Waals surface area (Å²) >= 11 is 0. The van der Waals surface area contributed by atoms with Crippen LogP contribution >= 0.6 is 0 Å². The Bertz CT molecular complexity index is 677. The van der Waals surface area contributed by atoms with Crippen molar-refractivity contribution < 1.29 is 0 Å². The molecule has 18 heavy (non-hydrogen) atoms. The smallest absolute Gasteiger partial charge is 0.00602 e. The van der Waals surface area contributed by atoms with Gasteiger partial charge in [0.25, 0.3) is 0 Å². The molecule has 2 aliphatic carbocycles. The lowest BCUT2D eigenvalue weighted by Crippen LogP contribution is -2.03. The van der Waals surface area contributed by atoms with Crippen molar-refractivity contribution in [2.45, 2.75) is 26.7 Å². The van der Waals surface area contributed by atoms with Crippen molar-refractivity contribution in [3.63, 3.8) is 0 Å². The van der Waals surface area contributed by atoms with Crippen LogP contribution in [0, 0.1) is 0 Å². The summed E-state index contributed by atoms with van der Waals surface area (Å²) in [4.78, 5) is 0. The fourth-order valence-corrected chi connectivity index (χ4v) is 3.46. The maximum absolute atomic E-state index is 2.35. The van der Waals surface area contributed by atoms with Crippen molar-refractivity contribution in [3.05, 3.63) is 57.7 Å². The van der Waals surface area contributed by atoms with Crippen LogP contribution in [0.3, 0.4) is 0 Å². The van der Waals surface area contributed by atoms with Gasteiger partial charge in [-0.15, -0.1) is 0 Å². The molecule has 0 atom stereocenters. The van der Waals surface area contributed by atoms with Crippen LogP contribution in [0.5, 0.6) is 0 Å². The Balaban J connectivity index is 2.20. The SMILES string of the molecule is CC1=Cc2ccc3c4c(ccc(c24)C1)C=C(C)C3. The van der Waals surface area contributed by atoms with Gasteiger partial charge in [0.15, 0.2) is 0 Å². The highest BCUT2D eigenvalue weighted by Gasteiger charge is 2.18. The molecule has 2 aliphatic rings. The van der Waals surface area contributed by atoms with Crippen molar-refractivity contribution in [2.24, 2.45) is 0 Å². The van der Waals surface area contributed by atoms with Gasteiger partial charge in [0, 0.05) is 0 Å². The van der Waals surface area contributed by atoms with Gasteiger partial charge >= 0.3 is 0 Å². The van der Waals surface area contributed by atoms with Crippen LogP contribution in [0.25, 0.3) is 22.9 Å². The Labute approximate surface area is 108 Å². The molecule has 0 fully saturated rings. The summed E-state index contributed by atoms with van der Waals surface area (Å²) < 4.78 is 0. The van der Waals surface area contributed by atoms with Crippen LogP contribution in [0.4, 0.5) is 0 Å². The van der Waals surface area contributed by atoms with E-state index < -0.39 is 0 Å². The highest BCUT2D eigenvalue weighted by atomic mass is 14.2. The molecule has 0 nitrogen and oxygen atoms in total. The Hall–Kier alpha value is -1.82. The molecule has 0 saturated heterocycles. The minimum Gasteiger partial charge on any atom is -0.0683 e. The minimum atomic E-state index is 1.11. The van der Waals surface area contributed by atoms with E-state index >= 15 is 0 Å². The minimum absolute atomic E-state index is 1.11. The van der Waals surface area contributed by atoms with Crippen LogP contribution in [0.15, 0.2) is 35.4 Å². The fourth-order valence-electron chi connectivity index (χ4n) is 3.46. The van der Waals surface area contributed by atoms with E-state index in [4.69, 9.17) is 0 Å². The van der Waals surface area contributed by atoms with Gasteiger partial charge < -0.3 is 0 Å². The predicted octanol–water partition coefficient (Wildman–Crippen LogP) is 4.76. The largest absolute Gasteiger partial charge is 0.0683 e. The number of allylic oxidation sites excluding steroid dienone is 2. The molecule has 0 N–H and O–H groups in total. The van der Waals surface area contributed by atoms with Crippen molar-refractivity contribution in [1.82, 2.24) is 0 Å². The zero-order valence-electron chi connectivity index (χ0n) is 10.9. The lowest BCUT2D eigenvalue weighted by Gasteiger charge is -2.22. The van der Waals surface area contributed by atoms with Gasteiger partial charge in [-0.25, -0.2) is 0 Å². The van der Waals surface area contributed by atoms with Gasteiger partial charge in [0.05, 0.1) is 0 Å². The number of rotatable bonds is 0. The van der Waals surface area contributed by atoms with E-state index in [2.05, 4.69) is 50.3 Å². The zero-order chi connectivity index (χ0) is 12.3. The highest BCUT2D eigenvalue weighted by molar-refractivity contribution is 6.03. The third-order valence-electron chi connectivity index (χ3n) is 4.14. The third kappa shape index (κ3) is 1.26. The summed E-state index contributed by atoms with van der Waals surface area (Å²) in [5.41, 5.74) is 8.74. The number of hydrogen-bond donors (Lipinski definition) is 0. The number of benzene rings is 2. The van der Waals surface area contributed by atoms with Gasteiger partial charge in [-0.05, 0) is 59.7 Å². The molecule has 0 saturated carbocycles. The van der Waals surface area contributed by atoms with Gasteiger partial charge in [-0.1, -0.05) is 47.6 Å². The fraction of sp³-hybridized carbons (Fsp3) is 0.222. The van der Waals surface area contributed by atoms with E-state index in [1.54, 1.807) is 0 Å². The molecule has 0 radical (unpaired) electrons. The predicted molar refractivity (Wildman–Crippen MR) is 78.7 cm³/mol. The summed E-state index contributed by atoms with van der Waals surface area (Å²) in [7, 11) is 0. The van der Waals surface area contributed by atoms with Crippen LogP contribution in [0.2, 0.25) is 0 Å². The first-order valence-corrected chi connectivity index (χ1v) is 6.64. The van der Waals surface area contributed by atoms with E-state index in [0.717, 1.165) is 12.8 Å². The monoisotopic (exact) mass is 232 g/mol. The van der Waals surface area contributed by atoms with E-state index in [0.29, 0.717) is 0 Å². The maximum Gasteiger partial charge on any atom is -0.00602 e.